The Hall–Kier alpha value is -1.80. The highest BCUT2D eigenvalue weighted by Gasteiger charge is 2.08. The number of rotatable bonds is 6. The van der Waals surface area contributed by atoms with Crippen molar-refractivity contribution in [2.75, 3.05) is 6.61 Å². The maximum absolute atomic E-state index is 10.2. The van der Waals surface area contributed by atoms with Crippen LogP contribution in [0, 0.1) is 0 Å². The van der Waals surface area contributed by atoms with Gasteiger partial charge in [0.15, 0.2) is 0 Å². The van der Waals surface area contributed by atoms with E-state index < -0.39 is 6.10 Å². The molecule has 112 valence electrons. The normalized spacial score (nSPS) is 12.4. The van der Waals surface area contributed by atoms with E-state index >= 15 is 0 Å². The van der Waals surface area contributed by atoms with Crippen LogP contribution in [0.1, 0.15) is 49.5 Å². The lowest BCUT2D eigenvalue weighted by Gasteiger charge is -2.14. The van der Waals surface area contributed by atoms with Crippen LogP contribution in [0.15, 0.2) is 48.5 Å². The number of ether oxygens (including phenoxy) is 1. The van der Waals surface area contributed by atoms with Crippen LogP contribution < -0.4 is 4.74 Å². The maximum atomic E-state index is 10.2. The maximum Gasteiger partial charge on any atom is 0.119 e. The standard InChI is InChI=1S/C19H24O2/c1-4-15-5-7-17(8-6-15)19(20)13-21-18-11-9-16(10-12-18)14(2)3/h5-12,14,19-20H,4,13H2,1-3H3. The monoisotopic (exact) mass is 284 g/mol. The van der Waals surface area contributed by atoms with Crippen LogP contribution in [0.5, 0.6) is 5.75 Å². The first-order chi connectivity index (χ1) is 10.1. The van der Waals surface area contributed by atoms with Crippen LogP contribution >= 0.6 is 0 Å². The van der Waals surface area contributed by atoms with Gasteiger partial charge in [-0.2, -0.15) is 0 Å². The van der Waals surface area contributed by atoms with Gasteiger partial charge in [0, 0.05) is 0 Å². The molecule has 0 heterocycles. The summed E-state index contributed by atoms with van der Waals surface area (Å²) in [6.45, 7) is 6.72. The molecule has 0 saturated heterocycles. The summed E-state index contributed by atoms with van der Waals surface area (Å²) in [5.41, 5.74) is 3.46. The summed E-state index contributed by atoms with van der Waals surface area (Å²) in [7, 11) is 0. The first-order valence-corrected chi connectivity index (χ1v) is 7.59. The summed E-state index contributed by atoms with van der Waals surface area (Å²) in [4.78, 5) is 0. The molecule has 0 aliphatic carbocycles. The molecular weight excluding hydrogens is 260 g/mol. The van der Waals surface area contributed by atoms with Crippen LogP contribution in [-0.4, -0.2) is 11.7 Å². The third-order valence-electron chi connectivity index (χ3n) is 3.73. The molecule has 2 aromatic carbocycles. The Kier molecular flexibility index (Phi) is 5.40. The highest BCUT2D eigenvalue weighted by atomic mass is 16.5. The van der Waals surface area contributed by atoms with E-state index in [1.165, 1.54) is 11.1 Å². The van der Waals surface area contributed by atoms with E-state index in [1.807, 2.05) is 24.3 Å². The highest BCUT2D eigenvalue weighted by molar-refractivity contribution is 5.29. The van der Waals surface area contributed by atoms with Crippen molar-refractivity contribution >= 4 is 0 Å². The summed E-state index contributed by atoms with van der Waals surface area (Å²) in [5.74, 6) is 1.31. The third kappa shape index (κ3) is 4.33. The van der Waals surface area contributed by atoms with Crippen molar-refractivity contribution in [3.8, 4) is 5.75 Å². The van der Waals surface area contributed by atoms with Crippen LogP contribution in [0.25, 0.3) is 0 Å². The van der Waals surface area contributed by atoms with Gasteiger partial charge in [0.1, 0.15) is 18.5 Å². The predicted molar refractivity (Wildman–Crippen MR) is 86.8 cm³/mol. The molecule has 0 aliphatic rings. The van der Waals surface area contributed by atoms with Crippen LogP contribution in [0.4, 0.5) is 0 Å². The molecule has 2 aromatic rings. The zero-order chi connectivity index (χ0) is 15.2. The van der Waals surface area contributed by atoms with E-state index in [4.69, 9.17) is 4.74 Å². The molecule has 0 aromatic heterocycles. The lowest BCUT2D eigenvalue weighted by atomic mass is 10.0. The number of aryl methyl sites for hydroxylation is 1. The molecular formula is C19H24O2. The minimum atomic E-state index is -0.597. The fourth-order valence-corrected chi connectivity index (χ4v) is 2.20. The van der Waals surface area contributed by atoms with Crippen molar-refractivity contribution in [2.45, 2.75) is 39.2 Å². The smallest absolute Gasteiger partial charge is 0.119 e. The minimum absolute atomic E-state index is 0.270. The predicted octanol–water partition coefficient (Wildman–Crippen LogP) is 4.48. The Morgan fingerprint density at radius 3 is 2.00 bits per heavy atom. The van der Waals surface area contributed by atoms with Gasteiger partial charge in [-0.05, 0) is 41.2 Å². The van der Waals surface area contributed by atoms with Crippen molar-refractivity contribution < 1.29 is 9.84 Å². The van der Waals surface area contributed by atoms with Crippen molar-refractivity contribution in [1.82, 2.24) is 0 Å². The molecule has 0 amide bonds. The molecule has 0 bridgehead atoms. The molecule has 0 radical (unpaired) electrons. The Morgan fingerprint density at radius 2 is 1.48 bits per heavy atom. The van der Waals surface area contributed by atoms with Gasteiger partial charge in [-0.1, -0.05) is 57.2 Å². The lowest BCUT2D eigenvalue weighted by Crippen LogP contribution is -2.09. The molecule has 1 N–H and O–H groups in total. The molecule has 2 rings (SSSR count). The van der Waals surface area contributed by atoms with Crippen LogP contribution in [-0.2, 0) is 6.42 Å². The zero-order valence-corrected chi connectivity index (χ0v) is 13.0. The van der Waals surface area contributed by atoms with Crippen molar-refractivity contribution in [2.24, 2.45) is 0 Å². The number of hydrogen-bond donors (Lipinski definition) is 1. The van der Waals surface area contributed by atoms with Crippen molar-refractivity contribution in [3.63, 3.8) is 0 Å². The Morgan fingerprint density at radius 1 is 0.905 bits per heavy atom. The number of benzene rings is 2. The third-order valence-corrected chi connectivity index (χ3v) is 3.73. The molecule has 2 heteroatoms. The summed E-state index contributed by atoms with van der Waals surface area (Å²) in [6, 6.07) is 16.1. The highest BCUT2D eigenvalue weighted by Crippen LogP contribution is 2.20. The van der Waals surface area contributed by atoms with E-state index in [1.54, 1.807) is 0 Å². The van der Waals surface area contributed by atoms with E-state index in [-0.39, 0.29) is 6.61 Å². The first-order valence-electron chi connectivity index (χ1n) is 7.59. The van der Waals surface area contributed by atoms with E-state index in [9.17, 15) is 5.11 Å². The second-order valence-electron chi connectivity index (χ2n) is 5.65. The SMILES string of the molecule is CCc1ccc(C(O)COc2ccc(C(C)C)cc2)cc1. The molecule has 2 nitrogen and oxygen atoms in total. The zero-order valence-electron chi connectivity index (χ0n) is 13.0. The van der Waals surface area contributed by atoms with Gasteiger partial charge in [-0.25, -0.2) is 0 Å². The fraction of sp³-hybridized carbons (Fsp3) is 0.368. The van der Waals surface area contributed by atoms with Crippen LogP contribution in [0.3, 0.4) is 0 Å². The van der Waals surface area contributed by atoms with Gasteiger partial charge in [-0.15, -0.1) is 0 Å². The second-order valence-corrected chi connectivity index (χ2v) is 5.65. The molecule has 1 atom stereocenters. The number of hydrogen-bond acceptors (Lipinski definition) is 2. The Bertz CT molecular complexity index is 541. The average Bonchev–Trinajstić information content (AvgIpc) is 2.53. The van der Waals surface area contributed by atoms with E-state index in [0.29, 0.717) is 5.92 Å². The molecule has 1 unspecified atom stereocenters. The van der Waals surface area contributed by atoms with Gasteiger partial charge in [0.25, 0.3) is 0 Å². The summed E-state index contributed by atoms with van der Waals surface area (Å²) >= 11 is 0. The van der Waals surface area contributed by atoms with Crippen LogP contribution in [0.2, 0.25) is 0 Å². The topological polar surface area (TPSA) is 29.5 Å². The second kappa shape index (κ2) is 7.28. The van der Waals surface area contributed by atoms with Gasteiger partial charge in [0.05, 0.1) is 0 Å². The van der Waals surface area contributed by atoms with Crippen molar-refractivity contribution in [3.05, 3.63) is 65.2 Å². The minimum Gasteiger partial charge on any atom is -0.491 e. The average molecular weight is 284 g/mol. The summed E-state index contributed by atoms with van der Waals surface area (Å²) in [6.07, 6.45) is 0.412. The molecule has 0 saturated carbocycles. The lowest BCUT2D eigenvalue weighted by molar-refractivity contribution is 0.108. The fourth-order valence-electron chi connectivity index (χ4n) is 2.20. The quantitative estimate of drug-likeness (QED) is 0.847. The molecule has 0 aliphatic heterocycles. The largest absolute Gasteiger partial charge is 0.491 e. The van der Waals surface area contributed by atoms with E-state index in [2.05, 4.69) is 45.0 Å². The van der Waals surface area contributed by atoms with Gasteiger partial charge in [0.2, 0.25) is 0 Å². The number of aliphatic hydroxyl groups is 1. The Labute approximate surface area is 127 Å². The molecule has 0 fully saturated rings. The van der Waals surface area contributed by atoms with E-state index in [0.717, 1.165) is 17.7 Å². The summed E-state index contributed by atoms with van der Waals surface area (Å²) in [5, 5.41) is 10.2. The Balaban J connectivity index is 1.92. The number of aliphatic hydroxyl groups excluding tert-OH is 1. The molecule has 0 spiro atoms. The molecule has 21 heavy (non-hydrogen) atoms. The van der Waals surface area contributed by atoms with Gasteiger partial charge >= 0.3 is 0 Å². The van der Waals surface area contributed by atoms with Gasteiger partial charge < -0.3 is 9.84 Å². The first kappa shape index (κ1) is 15.6. The van der Waals surface area contributed by atoms with Gasteiger partial charge in [-0.3, -0.25) is 0 Å². The summed E-state index contributed by atoms with van der Waals surface area (Å²) < 4.78 is 5.66. The van der Waals surface area contributed by atoms with Crippen molar-refractivity contribution in [1.29, 1.82) is 0 Å².